The minimum atomic E-state index is -3.30. The van der Waals surface area contributed by atoms with Crippen molar-refractivity contribution in [2.45, 2.75) is 31.4 Å². The molecule has 1 aliphatic rings. The number of hydrogen-bond donors (Lipinski definition) is 0. The Morgan fingerprint density at radius 1 is 1.29 bits per heavy atom. The van der Waals surface area contributed by atoms with Crippen molar-refractivity contribution >= 4 is 26.5 Å². The highest BCUT2D eigenvalue weighted by Gasteiger charge is 2.36. The minimum Gasteiger partial charge on any atom is -0.350 e. The van der Waals surface area contributed by atoms with Gasteiger partial charge in [-0.05, 0) is 31.4 Å². The number of ketones is 1. The first-order valence-corrected chi connectivity index (χ1v) is 8.93. The summed E-state index contributed by atoms with van der Waals surface area (Å²) in [4.78, 5) is 12.7. The first-order valence-electron chi connectivity index (χ1n) is 7.21. The number of Topliss-reactive ketones (excluding diaryl/α,β-unsaturated/α-hetero) is 1. The van der Waals surface area contributed by atoms with E-state index in [0.717, 1.165) is 22.9 Å². The van der Waals surface area contributed by atoms with Crippen molar-refractivity contribution in [2.24, 2.45) is 7.05 Å². The average molecular weight is 305 g/mol. The van der Waals surface area contributed by atoms with E-state index in [-0.39, 0.29) is 11.5 Å². The lowest BCUT2D eigenvalue weighted by molar-refractivity contribution is 0.0983. The molecule has 1 aromatic carbocycles. The van der Waals surface area contributed by atoms with Crippen molar-refractivity contribution in [1.29, 1.82) is 0 Å². The molecule has 0 radical (unpaired) electrons. The molecule has 2 aromatic rings. The summed E-state index contributed by atoms with van der Waals surface area (Å²) in [6.07, 6.45) is 3.68. The van der Waals surface area contributed by atoms with Gasteiger partial charge >= 0.3 is 0 Å². The normalized spacial score (nSPS) is 21.5. The summed E-state index contributed by atoms with van der Waals surface area (Å²) >= 11 is 0. The molecular weight excluding hydrogens is 286 g/mol. The number of aromatic nitrogens is 1. The van der Waals surface area contributed by atoms with Crippen molar-refractivity contribution < 1.29 is 13.2 Å². The molecule has 2 heterocycles. The molecular formula is C16H19NO3S. The predicted octanol–water partition coefficient (Wildman–Crippen LogP) is 2.64. The monoisotopic (exact) mass is 305 g/mol. The van der Waals surface area contributed by atoms with E-state index in [1.165, 1.54) is 0 Å². The van der Waals surface area contributed by atoms with Gasteiger partial charge in [-0.1, -0.05) is 18.6 Å². The zero-order valence-electron chi connectivity index (χ0n) is 12.3. The van der Waals surface area contributed by atoms with Crippen LogP contribution in [0, 0.1) is 6.92 Å². The van der Waals surface area contributed by atoms with E-state index in [9.17, 15) is 13.2 Å². The van der Waals surface area contributed by atoms with Gasteiger partial charge in [0.15, 0.2) is 15.6 Å². The third-order valence-corrected chi connectivity index (χ3v) is 6.46. The summed E-state index contributed by atoms with van der Waals surface area (Å²) in [6, 6.07) is 5.88. The van der Waals surface area contributed by atoms with Crippen LogP contribution in [0.1, 0.15) is 35.2 Å². The number of rotatable bonds is 2. The van der Waals surface area contributed by atoms with Crippen molar-refractivity contribution in [3.63, 3.8) is 0 Å². The molecule has 1 aliphatic heterocycles. The highest BCUT2D eigenvalue weighted by Crippen LogP contribution is 2.28. The van der Waals surface area contributed by atoms with E-state index < -0.39 is 15.1 Å². The molecule has 0 N–H and O–H groups in total. The molecule has 1 fully saturated rings. The molecule has 3 rings (SSSR count). The SMILES string of the molecule is Cc1ccc2c(C(=O)C3CCCCS3(=O)=O)cn(C)c2c1. The van der Waals surface area contributed by atoms with Crippen molar-refractivity contribution in [3.8, 4) is 0 Å². The van der Waals surface area contributed by atoms with Crippen LogP contribution in [-0.4, -0.2) is 29.8 Å². The Kier molecular flexibility index (Phi) is 3.40. The third kappa shape index (κ3) is 2.39. The van der Waals surface area contributed by atoms with E-state index >= 15 is 0 Å². The lowest BCUT2D eigenvalue weighted by Gasteiger charge is -2.20. The zero-order chi connectivity index (χ0) is 15.2. The molecule has 0 bridgehead atoms. The van der Waals surface area contributed by atoms with Crippen molar-refractivity contribution in [3.05, 3.63) is 35.5 Å². The fourth-order valence-corrected chi connectivity index (χ4v) is 4.98. The molecule has 21 heavy (non-hydrogen) atoms. The van der Waals surface area contributed by atoms with Gasteiger partial charge in [0, 0.05) is 29.7 Å². The van der Waals surface area contributed by atoms with Gasteiger partial charge in [0.1, 0.15) is 5.25 Å². The van der Waals surface area contributed by atoms with Gasteiger partial charge < -0.3 is 4.57 Å². The summed E-state index contributed by atoms with van der Waals surface area (Å²) in [7, 11) is -1.41. The Bertz CT molecular complexity index is 817. The molecule has 0 saturated carbocycles. The number of nitrogens with zero attached hydrogens (tertiary/aromatic N) is 1. The van der Waals surface area contributed by atoms with E-state index in [1.54, 1.807) is 6.20 Å². The van der Waals surface area contributed by atoms with E-state index in [4.69, 9.17) is 0 Å². The molecule has 1 unspecified atom stereocenters. The second kappa shape index (κ2) is 4.98. The Balaban J connectivity index is 2.10. The van der Waals surface area contributed by atoms with Gasteiger partial charge in [-0.3, -0.25) is 4.79 Å². The smallest absolute Gasteiger partial charge is 0.183 e. The molecule has 1 atom stereocenters. The third-order valence-electron chi connectivity index (χ3n) is 4.28. The fourth-order valence-electron chi connectivity index (χ4n) is 3.11. The highest BCUT2D eigenvalue weighted by molar-refractivity contribution is 7.92. The zero-order valence-corrected chi connectivity index (χ0v) is 13.1. The van der Waals surface area contributed by atoms with E-state index in [0.29, 0.717) is 18.4 Å². The van der Waals surface area contributed by atoms with Gasteiger partial charge in [-0.15, -0.1) is 0 Å². The Labute approximate surface area is 124 Å². The van der Waals surface area contributed by atoms with Crippen LogP contribution in [0.4, 0.5) is 0 Å². The van der Waals surface area contributed by atoms with Crippen LogP contribution in [0.25, 0.3) is 10.9 Å². The standard InChI is InChI=1S/C16H19NO3S/c1-11-6-7-12-13(10-17(2)14(12)9-11)16(18)15-5-3-4-8-21(15,19)20/h6-7,9-10,15H,3-5,8H2,1-2H3. The van der Waals surface area contributed by atoms with Gasteiger partial charge in [-0.25, -0.2) is 8.42 Å². The van der Waals surface area contributed by atoms with Crippen LogP contribution in [0.3, 0.4) is 0 Å². The second-order valence-electron chi connectivity index (χ2n) is 5.89. The van der Waals surface area contributed by atoms with Crippen LogP contribution in [0.15, 0.2) is 24.4 Å². The lowest BCUT2D eigenvalue weighted by atomic mass is 10.0. The van der Waals surface area contributed by atoms with Gasteiger partial charge in [0.2, 0.25) is 0 Å². The predicted molar refractivity (Wildman–Crippen MR) is 83.4 cm³/mol. The minimum absolute atomic E-state index is 0.132. The molecule has 112 valence electrons. The first kappa shape index (κ1) is 14.3. The number of sulfone groups is 1. The summed E-state index contributed by atoms with van der Waals surface area (Å²) in [5.74, 6) is -0.114. The number of aryl methyl sites for hydroxylation is 2. The van der Waals surface area contributed by atoms with Crippen LogP contribution < -0.4 is 0 Å². The maximum absolute atomic E-state index is 12.7. The number of carbonyl (C=O) groups excluding carboxylic acids is 1. The highest BCUT2D eigenvalue weighted by atomic mass is 32.2. The Morgan fingerprint density at radius 3 is 2.76 bits per heavy atom. The molecule has 1 aromatic heterocycles. The lowest BCUT2D eigenvalue weighted by Crippen LogP contribution is -2.35. The molecule has 5 heteroatoms. The number of hydrogen-bond acceptors (Lipinski definition) is 3. The first-order chi connectivity index (χ1) is 9.90. The quantitative estimate of drug-likeness (QED) is 0.801. The summed E-state index contributed by atoms with van der Waals surface area (Å²) in [6.45, 7) is 2.00. The van der Waals surface area contributed by atoms with Crippen molar-refractivity contribution in [1.82, 2.24) is 4.57 Å². The fraction of sp³-hybridized carbons (Fsp3) is 0.438. The second-order valence-corrected chi connectivity index (χ2v) is 8.19. The van der Waals surface area contributed by atoms with Gasteiger partial charge in [-0.2, -0.15) is 0 Å². The topological polar surface area (TPSA) is 56.1 Å². The van der Waals surface area contributed by atoms with Crippen LogP contribution in [-0.2, 0) is 16.9 Å². The van der Waals surface area contributed by atoms with Crippen LogP contribution >= 0.6 is 0 Å². The molecule has 0 aliphatic carbocycles. The molecule has 0 spiro atoms. The molecule has 0 amide bonds. The number of benzene rings is 1. The maximum atomic E-state index is 12.7. The maximum Gasteiger partial charge on any atom is 0.183 e. The number of fused-ring (bicyclic) bond motifs is 1. The van der Waals surface area contributed by atoms with Crippen LogP contribution in [0.2, 0.25) is 0 Å². The Hall–Kier alpha value is -1.62. The number of carbonyl (C=O) groups is 1. The average Bonchev–Trinajstić information content (AvgIpc) is 2.75. The van der Waals surface area contributed by atoms with Crippen LogP contribution in [0.5, 0.6) is 0 Å². The largest absolute Gasteiger partial charge is 0.350 e. The van der Waals surface area contributed by atoms with E-state index in [1.807, 2.05) is 36.7 Å². The van der Waals surface area contributed by atoms with E-state index in [2.05, 4.69) is 0 Å². The van der Waals surface area contributed by atoms with Gasteiger partial charge in [0.25, 0.3) is 0 Å². The van der Waals surface area contributed by atoms with Crippen molar-refractivity contribution in [2.75, 3.05) is 5.75 Å². The molecule has 4 nitrogen and oxygen atoms in total. The molecule has 1 saturated heterocycles. The summed E-state index contributed by atoms with van der Waals surface area (Å²) < 4.78 is 26.2. The summed E-state index contributed by atoms with van der Waals surface area (Å²) in [5.41, 5.74) is 2.61. The Morgan fingerprint density at radius 2 is 2.05 bits per heavy atom. The summed E-state index contributed by atoms with van der Waals surface area (Å²) in [5, 5.41) is -0.0213. The van der Waals surface area contributed by atoms with Gasteiger partial charge in [0.05, 0.1) is 5.75 Å².